The minimum Gasteiger partial charge on any atom is -0.335 e. The standard InChI is InChI=1S/C13H12ClN5O/c14-10-2-1-9(6-16)11(5-10)18-13(20)12-7-19(4-3-15)8-17-12/h1-2,5,7-8H,3-4,15H2,(H,18,20). The fourth-order valence-electron chi connectivity index (χ4n) is 1.65. The average molecular weight is 290 g/mol. The number of benzene rings is 1. The molecule has 7 heteroatoms. The molecular weight excluding hydrogens is 278 g/mol. The number of rotatable bonds is 4. The molecule has 0 aliphatic rings. The van der Waals surface area contributed by atoms with E-state index in [9.17, 15) is 4.79 Å². The van der Waals surface area contributed by atoms with Gasteiger partial charge in [0.15, 0.2) is 0 Å². The molecule has 0 radical (unpaired) electrons. The number of nitriles is 1. The first kappa shape index (κ1) is 14.1. The molecule has 0 unspecified atom stereocenters. The Labute approximate surface area is 120 Å². The lowest BCUT2D eigenvalue weighted by Crippen LogP contribution is -2.13. The Morgan fingerprint density at radius 3 is 3.05 bits per heavy atom. The molecule has 6 nitrogen and oxygen atoms in total. The van der Waals surface area contributed by atoms with Crippen LogP contribution in [0.25, 0.3) is 0 Å². The third-order valence-electron chi connectivity index (χ3n) is 2.60. The van der Waals surface area contributed by atoms with E-state index in [2.05, 4.69) is 10.3 Å². The SMILES string of the molecule is N#Cc1ccc(Cl)cc1NC(=O)c1cn(CCN)cn1. The highest BCUT2D eigenvalue weighted by Gasteiger charge is 2.12. The number of amides is 1. The number of carbonyl (C=O) groups is 1. The molecule has 3 N–H and O–H groups in total. The molecule has 1 amide bonds. The van der Waals surface area contributed by atoms with Gasteiger partial charge in [0.25, 0.3) is 5.91 Å². The largest absolute Gasteiger partial charge is 0.335 e. The second-order valence-electron chi connectivity index (χ2n) is 4.04. The van der Waals surface area contributed by atoms with Crippen LogP contribution >= 0.6 is 11.6 Å². The van der Waals surface area contributed by atoms with E-state index in [0.29, 0.717) is 29.4 Å². The van der Waals surface area contributed by atoms with Gasteiger partial charge in [0.2, 0.25) is 0 Å². The van der Waals surface area contributed by atoms with Gasteiger partial charge in [-0.3, -0.25) is 4.79 Å². The quantitative estimate of drug-likeness (QED) is 0.894. The number of nitrogens with zero attached hydrogens (tertiary/aromatic N) is 3. The van der Waals surface area contributed by atoms with Crippen molar-refractivity contribution in [3.05, 3.63) is 47.0 Å². The van der Waals surface area contributed by atoms with Crippen LogP contribution in [0.1, 0.15) is 16.1 Å². The van der Waals surface area contributed by atoms with Crippen molar-refractivity contribution in [3.63, 3.8) is 0 Å². The minimum absolute atomic E-state index is 0.252. The molecule has 0 aliphatic heterocycles. The summed E-state index contributed by atoms with van der Waals surface area (Å²) < 4.78 is 1.72. The summed E-state index contributed by atoms with van der Waals surface area (Å²) in [5, 5.41) is 12.0. The minimum atomic E-state index is -0.403. The zero-order chi connectivity index (χ0) is 14.5. The molecule has 20 heavy (non-hydrogen) atoms. The molecule has 0 aliphatic carbocycles. The lowest BCUT2D eigenvalue weighted by molar-refractivity contribution is 0.102. The summed E-state index contributed by atoms with van der Waals surface area (Å²) in [5.41, 5.74) is 6.37. The van der Waals surface area contributed by atoms with Crippen LogP contribution < -0.4 is 11.1 Å². The normalized spacial score (nSPS) is 10.1. The number of hydrogen-bond donors (Lipinski definition) is 2. The van der Waals surface area contributed by atoms with Gasteiger partial charge in [-0.2, -0.15) is 5.26 Å². The zero-order valence-corrected chi connectivity index (χ0v) is 11.3. The lowest BCUT2D eigenvalue weighted by Gasteiger charge is -2.05. The Morgan fingerprint density at radius 2 is 2.35 bits per heavy atom. The van der Waals surface area contributed by atoms with Crippen molar-refractivity contribution >= 4 is 23.2 Å². The van der Waals surface area contributed by atoms with E-state index in [1.165, 1.54) is 12.4 Å². The first-order chi connectivity index (χ1) is 9.63. The van der Waals surface area contributed by atoms with Gasteiger partial charge in [0.1, 0.15) is 11.8 Å². The number of carbonyl (C=O) groups excluding carboxylic acids is 1. The van der Waals surface area contributed by atoms with Gasteiger partial charge < -0.3 is 15.6 Å². The number of hydrogen-bond acceptors (Lipinski definition) is 4. The first-order valence-electron chi connectivity index (χ1n) is 5.87. The molecule has 0 saturated heterocycles. The second kappa shape index (κ2) is 6.19. The van der Waals surface area contributed by atoms with E-state index in [4.69, 9.17) is 22.6 Å². The second-order valence-corrected chi connectivity index (χ2v) is 4.48. The maximum absolute atomic E-state index is 12.0. The Bertz CT molecular complexity index is 674. The van der Waals surface area contributed by atoms with Crippen molar-refractivity contribution in [3.8, 4) is 6.07 Å². The molecule has 0 fully saturated rings. The topological polar surface area (TPSA) is 96.7 Å². The van der Waals surface area contributed by atoms with Gasteiger partial charge >= 0.3 is 0 Å². The maximum atomic E-state index is 12.0. The summed E-state index contributed by atoms with van der Waals surface area (Å²) in [5.74, 6) is -0.403. The van der Waals surface area contributed by atoms with Crippen molar-refractivity contribution in [1.82, 2.24) is 9.55 Å². The molecule has 0 spiro atoms. The lowest BCUT2D eigenvalue weighted by atomic mass is 10.2. The van der Waals surface area contributed by atoms with E-state index < -0.39 is 5.91 Å². The van der Waals surface area contributed by atoms with Gasteiger partial charge in [-0.1, -0.05) is 11.6 Å². The molecule has 1 aromatic carbocycles. The Balaban J connectivity index is 2.19. The molecule has 0 atom stereocenters. The summed E-state index contributed by atoms with van der Waals surface area (Å²) in [6, 6.07) is 6.65. The van der Waals surface area contributed by atoms with Crippen LogP contribution in [0.15, 0.2) is 30.7 Å². The summed E-state index contributed by atoms with van der Waals surface area (Å²) >= 11 is 5.85. The molecule has 0 saturated carbocycles. The van der Waals surface area contributed by atoms with Gasteiger partial charge in [0, 0.05) is 24.3 Å². The Hall–Kier alpha value is -2.36. The van der Waals surface area contributed by atoms with Crippen molar-refractivity contribution in [2.45, 2.75) is 6.54 Å². The average Bonchev–Trinajstić information content (AvgIpc) is 2.88. The van der Waals surface area contributed by atoms with Gasteiger partial charge in [-0.25, -0.2) is 4.98 Å². The van der Waals surface area contributed by atoms with Crippen LogP contribution in [0.5, 0.6) is 0 Å². The summed E-state index contributed by atoms with van der Waals surface area (Å²) in [6.07, 6.45) is 3.13. The third-order valence-corrected chi connectivity index (χ3v) is 2.84. The van der Waals surface area contributed by atoms with E-state index in [0.717, 1.165) is 0 Å². The molecular formula is C13H12ClN5O. The smallest absolute Gasteiger partial charge is 0.275 e. The van der Waals surface area contributed by atoms with Crippen LogP contribution in [0, 0.1) is 11.3 Å². The number of imidazole rings is 1. The predicted octanol–water partition coefficient (Wildman–Crippen LogP) is 1.62. The molecule has 102 valence electrons. The summed E-state index contributed by atoms with van der Waals surface area (Å²) in [7, 11) is 0. The number of nitrogens with two attached hydrogens (primary N) is 1. The molecule has 2 aromatic rings. The van der Waals surface area contributed by atoms with Gasteiger partial charge in [0.05, 0.1) is 17.6 Å². The maximum Gasteiger partial charge on any atom is 0.275 e. The molecule has 1 aromatic heterocycles. The Morgan fingerprint density at radius 1 is 1.55 bits per heavy atom. The van der Waals surface area contributed by atoms with E-state index in [1.807, 2.05) is 6.07 Å². The van der Waals surface area contributed by atoms with E-state index in [-0.39, 0.29) is 5.69 Å². The highest BCUT2D eigenvalue weighted by atomic mass is 35.5. The fourth-order valence-corrected chi connectivity index (χ4v) is 1.82. The fraction of sp³-hybridized carbons (Fsp3) is 0.154. The highest BCUT2D eigenvalue weighted by Crippen LogP contribution is 2.20. The van der Waals surface area contributed by atoms with Crippen LogP contribution in [0.4, 0.5) is 5.69 Å². The van der Waals surface area contributed by atoms with E-state index in [1.54, 1.807) is 22.9 Å². The first-order valence-corrected chi connectivity index (χ1v) is 6.24. The van der Waals surface area contributed by atoms with Crippen molar-refractivity contribution < 1.29 is 4.79 Å². The number of halogens is 1. The predicted molar refractivity (Wildman–Crippen MR) is 75.4 cm³/mol. The third kappa shape index (κ3) is 3.15. The van der Waals surface area contributed by atoms with E-state index >= 15 is 0 Å². The molecule has 0 bridgehead atoms. The van der Waals surface area contributed by atoms with Crippen molar-refractivity contribution in [2.75, 3.05) is 11.9 Å². The molecule has 2 rings (SSSR count). The van der Waals surface area contributed by atoms with Crippen molar-refractivity contribution in [1.29, 1.82) is 5.26 Å². The number of aromatic nitrogens is 2. The number of anilines is 1. The van der Waals surface area contributed by atoms with Crippen LogP contribution in [0.2, 0.25) is 5.02 Å². The zero-order valence-electron chi connectivity index (χ0n) is 10.5. The van der Waals surface area contributed by atoms with Gasteiger partial charge in [-0.15, -0.1) is 0 Å². The highest BCUT2D eigenvalue weighted by molar-refractivity contribution is 6.31. The monoisotopic (exact) mass is 289 g/mol. The molecule has 1 heterocycles. The Kier molecular flexibility index (Phi) is 4.35. The summed E-state index contributed by atoms with van der Waals surface area (Å²) in [4.78, 5) is 16.0. The van der Waals surface area contributed by atoms with Crippen LogP contribution in [0.3, 0.4) is 0 Å². The van der Waals surface area contributed by atoms with Crippen molar-refractivity contribution in [2.24, 2.45) is 5.73 Å². The van der Waals surface area contributed by atoms with Gasteiger partial charge in [-0.05, 0) is 18.2 Å². The number of nitrogens with one attached hydrogen (secondary N) is 1. The van der Waals surface area contributed by atoms with Crippen LogP contribution in [-0.2, 0) is 6.54 Å². The summed E-state index contributed by atoms with van der Waals surface area (Å²) in [6.45, 7) is 1.05. The van der Waals surface area contributed by atoms with Crippen LogP contribution in [-0.4, -0.2) is 22.0 Å².